The van der Waals surface area contributed by atoms with Crippen molar-refractivity contribution in [3.05, 3.63) is 64.0 Å². The van der Waals surface area contributed by atoms with Crippen LogP contribution >= 0.6 is 0 Å². The van der Waals surface area contributed by atoms with Gasteiger partial charge in [0.2, 0.25) is 0 Å². The van der Waals surface area contributed by atoms with Crippen LogP contribution < -0.4 is 4.74 Å². The first kappa shape index (κ1) is 24.9. The maximum absolute atomic E-state index is 14.6. The summed E-state index contributed by atoms with van der Waals surface area (Å²) in [5.74, 6) is -0.665. The molecule has 0 spiro atoms. The van der Waals surface area contributed by atoms with Gasteiger partial charge in [-0.25, -0.2) is 4.39 Å². The SMILES string of the molecule is CCCC12CCC(c3ccc(CCc4ccc(OC(=O)CC)cc4F)c(C#N)c3C#N)(CC1)CC2. The molecule has 3 saturated carbocycles. The fourth-order valence-electron chi connectivity index (χ4n) is 6.38. The maximum Gasteiger partial charge on any atom is 0.310 e. The largest absolute Gasteiger partial charge is 0.426 e. The first-order chi connectivity index (χ1) is 16.9. The van der Waals surface area contributed by atoms with Gasteiger partial charge in [-0.2, -0.15) is 10.5 Å². The van der Waals surface area contributed by atoms with Crippen LogP contribution in [0.4, 0.5) is 4.39 Å². The molecule has 0 unspecified atom stereocenters. The second kappa shape index (κ2) is 10.2. The summed E-state index contributed by atoms with van der Waals surface area (Å²) in [4.78, 5) is 11.5. The standard InChI is InChI=1S/C30H33FN2O2/c1-3-11-29-12-15-30(16-13-29,17-14-29)26-10-8-21(24(19-32)25(26)20-33)5-6-22-7-9-23(18-27(22)31)35-28(34)4-2/h7-10,18H,3-6,11-17H2,1-2H3. The summed E-state index contributed by atoms with van der Waals surface area (Å²) in [6.07, 6.45) is 10.5. The van der Waals surface area contributed by atoms with Crippen LogP contribution in [0.15, 0.2) is 30.3 Å². The van der Waals surface area contributed by atoms with Gasteiger partial charge in [-0.15, -0.1) is 0 Å². The normalized spacial score (nSPS) is 22.9. The number of rotatable bonds is 8. The number of carbonyl (C=O) groups is 1. The molecule has 5 heteroatoms. The van der Waals surface area contributed by atoms with Crippen LogP contribution in [-0.4, -0.2) is 5.97 Å². The zero-order valence-corrected chi connectivity index (χ0v) is 20.8. The highest BCUT2D eigenvalue weighted by atomic mass is 19.1. The molecular weight excluding hydrogens is 439 g/mol. The molecule has 0 N–H and O–H groups in total. The second-order valence-electron chi connectivity index (χ2n) is 10.4. The number of fused-ring (bicyclic) bond motifs is 3. The van der Waals surface area contributed by atoms with Gasteiger partial charge >= 0.3 is 5.97 Å². The molecule has 2 aromatic rings. The van der Waals surface area contributed by atoms with Gasteiger partial charge in [-0.3, -0.25) is 4.79 Å². The van der Waals surface area contributed by atoms with Crippen LogP contribution in [0.25, 0.3) is 0 Å². The minimum Gasteiger partial charge on any atom is -0.426 e. The van der Waals surface area contributed by atoms with Gasteiger partial charge in [0.15, 0.2) is 0 Å². The maximum atomic E-state index is 14.6. The number of hydrogen-bond acceptors (Lipinski definition) is 4. The third-order valence-electron chi connectivity index (χ3n) is 8.48. The summed E-state index contributed by atoms with van der Waals surface area (Å²) in [6.45, 7) is 3.95. The van der Waals surface area contributed by atoms with Gasteiger partial charge in [0.25, 0.3) is 0 Å². The first-order valence-corrected chi connectivity index (χ1v) is 12.8. The van der Waals surface area contributed by atoms with Gasteiger partial charge in [0, 0.05) is 12.5 Å². The molecule has 0 saturated heterocycles. The Labute approximate surface area is 207 Å². The molecule has 0 heterocycles. The van der Waals surface area contributed by atoms with E-state index in [0.717, 1.165) is 30.4 Å². The Morgan fingerprint density at radius 1 is 0.943 bits per heavy atom. The van der Waals surface area contributed by atoms with Crippen molar-refractivity contribution < 1.29 is 13.9 Å². The minimum absolute atomic E-state index is 0.00253. The van der Waals surface area contributed by atoms with Crippen molar-refractivity contribution in [2.75, 3.05) is 0 Å². The van der Waals surface area contributed by atoms with E-state index in [0.29, 0.717) is 34.9 Å². The smallest absolute Gasteiger partial charge is 0.310 e. The lowest BCUT2D eigenvalue weighted by atomic mass is 9.50. The number of esters is 1. The zero-order chi connectivity index (χ0) is 25.1. The Bertz CT molecular complexity index is 1180. The number of aryl methyl sites for hydroxylation is 2. The van der Waals surface area contributed by atoms with Crippen LogP contribution in [0.2, 0.25) is 0 Å². The molecular formula is C30H33FN2O2. The van der Waals surface area contributed by atoms with E-state index in [1.807, 2.05) is 6.07 Å². The molecule has 35 heavy (non-hydrogen) atoms. The topological polar surface area (TPSA) is 73.9 Å². The van der Waals surface area contributed by atoms with Crippen molar-refractivity contribution in [3.8, 4) is 17.9 Å². The fourth-order valence-corrected chi connectivity index (χ4v) is 6.38. The Morgan fingerprint density at radius 3 is 2.14 bits per heavy atom. The van der Waals surface area contributed by atoms with Gasteiger partial charge in [0.1, 0.15) is 23.7 Å². The third kappa shape index (κ3) is 4.83. The number of carbonyl (C=O) groups excluding carboxylic acids is 1. The van der Waals surface area contributed by atoms with E-state index in [2.05, 4.69) is 25.1 Å². The molecule has 0 aliphatic heterocycles. The fraction of sp³-hybridized carbons (Fsp3) is 0.500. The van der Waals surface area contributed by atoms with Crippen LogP contribution in [0, 0.1) is 33.9 Å². The van der Waals surface area contributed by atoms with E-state index in [-0.39, 0.29) is 17.6 Å². The highest BCUT2D eigenvalue weighted by molar-refractivity contribution is 5.71. The Balaban J connectivity index is 1.55. The van der Waals surface area contributed by atoms with Crippen molar-refractivity contribution in [1.29, 1.82) is 10.5 Å². The Hall–Kier alpha value is -3.18. The minimum atomic E-state index is -0.444. The van der Waals surface area contributed by atoms with E-state index < -0.39 is 11.8 Å². The molecule has 2 aromatic carbocycles. The third-order valence-corrected chi connectivity index (χ3v) is 8.48. The molecule has 5 rings (SSSR count). The Morgan fingerprint density at radius 2 is 1.57 bits per heavy atom. The molecule has 3 aliphatic rings. The summed E-state index contributed by atoms with van der Waals surface area (Å²) in [5, 5.41) is 20.1. The quantitative estimate of drug-likeness (QED) is 0.304. The summed E-state index contributed by atoms with van der Waals surface area (Å²) in [7, 11) is 0. The highest BCUT2D eigenvalue weighted by Gasteiger charge is 2.49. The van der Waals surface area contributed by atoms with Gasteiger partial charge in [0.05, 0.1) is 11.1 Å². The van der Waals surface area contributed by atoms with Crippen LogP contribution in [0.5, 0.6) is 5.75 Å². The highest BCUT2D eigenvalue weighted by Crippen LogP contribution is 2.60. The van der Waals surface area contributed by atoms with E-state index >= 15 is 0 Å². The lowest BCUT2D eigenvalue weighted by molar-refractivity contribution is -0.134. The summed E-state index contributed by atoms with van der Waals surface area (Å²) in [6, 6.07) is 13.1. The number of nitriles is 2. The average molecular weight is 473 g/mol. The molecule has 0 aromatic heterocycles. The van der Waals surface area contributed by atoms with Crippen LogP contribution in [0.3, 0.4) is 0 Å². The summed E-state index contributed by atoms with van der Waals surface area (Å²) >= 11 is 0. The second-order valence-corrected chi connectivity index (χ2v) is 10.4. The Kier molecular flexibility index (Phi) is 7.27. The van der Waals surface area contributed by atoms with Crippen molar-refractivity contribution in [2.45, 2.75) is 89.9 Å². The van der Waals surface area contributed by atoms with Crippen LogP contribution in [0.1, 0.15) is 99.5 Å². The number of nitrogens with zero attached hydrogens (tertiary/aromatic N) is 2. The van der Waals surface area contributed by atoms with E-state index in [4.69, 9.17) is 4.74 Å². The zero-order valence-electron chi connectivity index (χ0n) is 20.8. The monoisotopic (exact) mass is 472 g/mol. The number of ether oxygens (including phenoxy) is 1. The van der Waals surface area contributed by atoms with Crippen molar-refractivity contribution in [1.82, 2.24) is 0 Å². The van der Waals surface area contributed by atoms with E-state index in [9.17, 15) is 19.7 Å². The van der Waals surface area contributed by atoms with Crippen molar-refractivity contribution in [2.24, 2.45) is 5.41 Å². The summed E-state index contributed by atoms with van der Waals surface area (Å²) in [5.41, 5.74) is 3.73. The molecule has 4 nitrogen and oxygen atoms in total. The molecule has 0 atom stereocenters. The van der Waals surface area contributed by atoms with Gasteiger partial charge in [-0.05, 0) is 91.4 Å². The number of halogens is 1. The predicted octanol–water partition coefficient (Wildman–Crippen LogP) is 7.06. The van der Waals surface area contributed by atoms with Crippen molar-refractivity contribution in [3.63, 3.8) is 0 Å². The number of hydrogen-bond donors (Lipinski definition) is 0. The van der Waals surface area contributed by atoms with E-state index in [1.165, 1.54) is 38.2 Å². The van der Waals surface area contributed by atoms with Gasteiger partial charge < -0.3 is 4.74 Å². The lowest BCUT2D eigenvalue weighted by Crippen LogP contribution is -2.44. The molecule has 182 valence electrons. The first-order valence-electron chi connectivity index (χ1n) is 12.8. The summed E-state index contributed by atoms with van der Waals surface area (Å²) < 4.78 is 19.7. The lowest BCUT2D eigenvalue weighted by Gasteiger charge is -2.54. The predicted molar refractivity (Wildman–Crippen MR) is 132 cm³/mol. The molecule has 3 aliphatic carbocycles. The molecule has 0 radical (unpaired) electrons. The van der Waals surface area contributed by atoms with Crippen LogP contribution in [-0.2, 0) is 23.1 Å². The van der Waals surface area contributed by atoms with Gasteiger partial charge in [-0.1, -0.05) is 38.5 Å². The van der Waals surface area contributed by atoms with Crippen molar-refractivity contribution >= 4 is 5.97 Å². The molecule has 0 amide bonds. The average Bonchev–Trinajstić information content (AvgIpc) is 2.88. The number of benzene rings is 2. The van der Waals surface area contributed by atoms with E-state index in [1.54, 1.807) is 19.1 Å². The molecule has 2 bridgehead atoms. The molecule has 3 fully saturated rings.